The lowest BCUT2D eigenvalue weighted by Crippen LogP contribution is -2.08. The third-order valence-electron chi connectivity index (χ3n) is 4.36. The van der Waals surface area contributed by atoms with Crippen LogP contribution in [0.5, 0.6) is 11.5 Å². The van der Waals surface area contributed by atoms with E-state index in [-0.39, 0.29) is 11.6 Å². The number of rotatable bonds is 5. The van der Waals surface area contributed by atoms with Crippen molar-refractivity contribution in [3.63, 3.8) is 0 Å². The Balaban J connectivity index is 1.46. The molecule has 0 radical (unpaired) electrons. The smallest absolute Gasteiger partial charge is 0.363 e. The fourth-order valence-electron chi connectivity index (χ4n) is 2.80. The molecule has 0 bridgehead atoms. The highest BCUT2D eigenvalue weighted by Crippen LogP contribution is 2.21. The molecule has 0 amide bonds. The summed E-state index contributed by atoms with van der Waals surface area (Å²) in [6.45, 7) is 0. The highest BCUT2D eigenvalue weighted by Gasteiger charge is 2.23. The Morgan fingerprint density at radius 3 is 2.23 bits per heavy atom. The summed E-state index contributed by atoms with van der Waals surface area (Å²) in [6, 6.07) is 22.6. The molecule has 30 heavy (non-hydrogen) atoms. The summed E-state index contributed by atoms with van der Waals surface area (Å²) in [5.74, 6) is 0.342. The lowest BCUT2D eigenvalue weighted by molar-refractivity contribution is -0.129. The predicted molar refractivity (Wildman–Crippen MR) is 111 cm³/mol. The number of hydrogen-bond donors (Lipinski definition) is 0. The number of aliphatic imine (C=N–C) groups is 1. The minimum Gasteiger partial charge on any atom is -0.497 e. The van der Waals surface area contributed by atoms with Crippen LogP contribution in [0.3, 0.4) is 0 Å². The fraction of sp³-hybridized carbons (Fsp3) is 0.0417. The van der Waals surface area contributed by atoms with Crippen LogP contribution in [0.2, 0.25) is 0 Å². The van der Waals surface area contributed by atoms with Gasteiger partial charge in [-0.25, -0.2) is 14.6 Å². The van der Waals surface area contributed by atoms with Crippen molar-refractivity contribution < 1.29 is 23.8 Å². The number of cyclic esters (lactones) is 1. The predicted octanol–water partition coefficient (Wildman–Crippen LogP) is 4.26. The van der Waals surface area contributed by atoms with Crippen LogP contribution in [0, 0.1) is 0 Å². The third-order valence-corrected chi connectivity index (χ3v) is 4.36. The summed E-state index contributed by atoms with van der Waals surface area (Å²) in [4.78, 5) is 28.6. The Kier molecular flexibility index (Phi) is 5.39. The van der Waals surface area contributed by atoms with Gasteiger partial charge in [-0.15, -0.1) is 0 Å². The second kappa shape index (κ2) is 8.45. The lowest BCUT2D eigenvalue weighted by atomic mass is 10.2. The van der Waals surface area contributed by atoms with Crippen molar-refractivity contribution in [2.24, 2.45) is 4.99 Å². The average molecular weight is 399 g/mol. The van der Waals surface area contributed by atoms with E-state index in [0.29, 0.717) is 17.1 Å². The van der Waals surface area contributed by atoms with Crippen molar-refractivity contribution in [3.05, 3.63) is 101 Å². The van der Waals surface area contributed by atoms with E-state index in [2.05, 4.69) is 4.99 Å². The number of carbonyl (C=O) groups excluding carboxylic acids is 2. The highest BCUT2D eigenvalue weighted by atomic mass is 16.6. The fourth-order valence-corrected chi connectivity index (χ4v) is 2.80. The van der Waals surface area contributed by atoms with Crippen molar-refractivity contribution in [3.8, 4) is 11.5 Å². The molecule has 0 fully saturated rings. The van der Waals surface area contributed by atoms with Crippen molar-refractivity contribution in [2.45, 2.75) is 0 Å². The Morgan fingerprint density at radius 2 is 1.57 bits per heavy atom. The molecule has 4 rings (SSSR count). The van der Waals surface area contributed by atoms with Crippen LogP contribution in [0.25, 0.3) is 6.08 Å². The molecular formula is C24H17NO5. The minimum absolute atomic E-state index is 0.205. The maximum absolute atomic E-state index is 12.2. The summed E-state index contributed by atoms with van der Waals surface area (Å²) in [5.41, 5.74) is 2.08. The molecule has 0 atom stereocenters. The van der Waals surface area contributed by atoms with E-state index >= 15 is 0 Å². The van der Waals surface area contributed by atoms with E-state index in [1.54, 1.807) is 61.7 Å². The molecule has 0 N–H and O–H groups in total. The largest absolute Gasteiger partial charge is 0.497 e. The number of hydrogen-bond acceptors (Lipinski definition) is 6. The van der Waals surface area contributed by atoms with E-state index in [4.69, 9.17) is 14.2 Å². The Morgan fingerprint density at radius 1 is 0.900 bits per heavy atom. The van der Waals surface area contributed by atoms with Gasteiger partial charge in [0.05, 0.1) is 12.7 Å². The molecule has 148 valence electrons. The van der Waals surface area contributed by atoms with Crippen LogP contribution in [-0.4, -0.2) is 24.9 Å². The standard InChI is InChI=1S/C24H17NO5/c1-28-19-13-9-18(10-14-19)23(26)29-20-11-7-16(8-12-20)15-21-24(27)30-22(25-21)17-5-3-2-4-6-17/h2-15H,1H3/b21-15+. The third kappa shape index (κ3) is 4.28. The summed E-state index contributed by atoms with van der Waals surface area (Å²) < 4.78 is 15.7. The first-order valence-corrected chi connectivity index (χ1v) is 9.17. The maximum Gasteiger partial charge on any atom is 0.363 e. The van der Waals surface area contributed by atoms with Crippen LogP contribution in [0.4, 0.5) is 0 Å². The Labute approximate surface area is 173 Å². The first kappa shape index (κ1) is 19.1. The van der Waals surface area contributed by atoms with Gasteiger partial charge < -0.3 is 14.2 Å². The normalized spacial score (nSPS) is 14.2. The summed E-state index contributed by atoms with van der Waals surface area (Å²) in [7, 11) is 1.56. The second-order valence-corrected chi connectivity index (χ2v) is 6.39. The topological polar surface area (TPSA) is 74.2 Å². The number of esters is 2. The SMILES string of the molecule is COc1ccc(C(=O)Oc2ccc(/C=C3/N=C(c4ccccc4)OC3=O)cc2)cc1. The minimum atomic E-state index is -0.510. The molecule has 0 saturated carbocycles. The summed E-state index contributed by atoms with van der Waals surface area (Å²) in [6.07, 6.45) is 1.62. The average Bonchev–Trinajstić information content (AvgIpc) is 3.16. The van der Waals surface area contributed by atoms with Gasteiger partial charge in [0.1, 0.15) is 11.5 Å². The van der Waals surface area contributed by atoms with E-state index < -0.39 is 11.9 Å². The van der Waals surface area contributed by atoms with Gasteiger partial charge in [0, 0.05) is 5.56 Å². The van der Waals surface area contributed by atoms with Crippen LogP contribution in [-0.2, 0) is 9.53 Å². The molecule has 6 nitrogen and oxygen atoms in total. The molecule has 3 aromatic carbocycles. The van der Waals surface area contributed by atoms with E-state index in [0.717, 1.165) is 11.1 Å². The summed E-state index contributed by atoms with van der Waals surface area (Å²) in [5, 5.41) is 0. The zero-order valence-electron chi connectivity index (χ0n) is 16.1. The van der Waals surface area contributed by atoms with Crippen molar-refractivity contribution in [1.29, 1.82) is 0 Å². The van der Waals surface area contributed by atoms with Gasteiger partial charge in [0.2, 0.25) is 5.90 Å². The Hall–Kier alpha value is -4.19. The molecule has 0 spiro atoms. The highest BCUT2D eigenvalue weighted by molar-refractivity contribution is 6.12. The maximum atomic E-state index is 12.2. The van der Waals surface area contributed by atoms with E-state index in [1.807, 2.05) is 30.3 Å². The Bertz CT molecular complexity index is 1130. The van der Waals surface area contributed by atoms with Gasteiger partial charge >= 0.3 is 11.9 Å². The lowest BCUT2D eigenvalue weighted by Gasteiger charge is -2.05. The van der Waals surface area contributed by atoms with Crippen LogP contribution in [0.15, 0.2) is 89.6 Å². The number of methoxy groups -OCH3 is 1. The number of carbonyl (C=O) groups is 2. The molecular weight excluding hydrogens is 382 g/mol. The first-order valence-electron chi connectivity index (χ1n) is 9.17. The zero-order valence-corrected chi connectivity index (χ0v) is 16.1. The van der Waals surface area contributed by atoms with Gasteiger partial charge in [-0.3, -0.25) is 0 Å². The molecule has 0 saturated heterocycles. The number of nitrogens with zero attached hydrogens (tertiary/aromatic N) is 1. The van der Waals surface area contributed by atoms with E-state index in [9.17, 15) is 9.59 Å². The van der Waals surface area contributed by atoms with Crippen molar-refractivity contribution >= 4 is 23.9 Å². The van der Waals surface area contributed by atoms with Gasteiger partial charge in [0.15, 0.2) is 5.70 Å². The summed E-state index contributed by atoms with van der Waals surface area (Å²) >= 11 is 0. The van der Waals surface area contributed by atoms with Crippen LogP contribution < -0.4 is 9.47 Å². The molecule has 0 aliphatic carbocycles. The quantitative estimate of drug-likeness (QED) is 0.364. The van der Waals surface area contributed by atoms with Crippen molar-refractivity contribution in [2.75, 3.05) is 7.11 Å². The van der Waals surface area contributed by atoms with Gasteiger partial charge in [-0.1, -0.05) is 30.3 Å². The monoisotopic (exact) mass is 399 g/mol. The van der Waals surface area contributed by atoms with Crippen LogP contribution in [0.1, 0.15) is 21.5 Å². The first-order chi connectivity index (χ1) is 14.6. The molecule has 1 aliphatic heterocycles. The van der Waals surface area contributed by atoms with Crippen LogP contribution >= 0.6 is 0 Å². The van der Waals surface area contributed by atoms with Gasteiger partial charge in [0.25, 0.3) is 0 Å². The zero-order chi connectivity index (χ0) is 20.9. The molecule has 1 heterocycles. The van der Waals surface area contributed by atoms with Crippen molar-refractivity contribution in [1.82, 2.24) is 0 Å². The second-order valence-electron chi connectivity index (χ2n) is 6.39. The molecule has 1 aliphatic rings. The number of benzene rings is 3. The molecule has 3 aromatic rings. The van der Waals surface area contributed by atoms with Gasteiger partial charge in [-0.2, -0.15) is 0 Å². The number of ether oxygens (including phenoxy) is 3. The molecule has 0 aromatic heterocycles. The molecule has 0 unspecified atom stereocenters. The van der Waals surface area contributed by atoms with E-state index in [1.165, 1.54) is 0 Å². The molecule has 6 heteroatoms. The van der Waals surface area contributed by atoms with Gasteiger partial charge in [-0.05, 0) is 60.2 Å².